The standard InChI is InChI=1S/C29H37NO8/c1-28(2)9-16-22(18(32)11-28)21(23-17(30-16)10-29(3,4)12-19(23)33)14-5-7-15(8-6-14)37-27-26(36)25(35)24(34)20(13-31)38-27/h5-8,20-21,24-27,30-31,34-36H,9-13H2,1-4H3/t20-,24-,25-,26-,27-/m1/s1. The van der Waals surface area contributed by atoms with Gasteiger partial charge in [0, 0.05) is 41.3 Å². The molecule has 5 rings (SSSR count). The summed E-state index contributed by atoms with van der Waals surface area (Å²) < 4.78 is 11.2. The molecule has 0 amide bonds. The third-order valence-corrected chi connectivity index (χ3v) is 8.03. The molecule has 5 N–H and O–H groups in total. The first-order valence-electron chi connectivity index (χ1n) is 13.2. The van der Waals surface area contributed by atoms with E-state index in [2.05, 4.69) is 33.0 Å². The molecule has 5 atom stereocenters. The van der Waals surface area contributed by atoms with E-state index in [9.17, 15) is 30.0 Å². The summed E-state index contributed by atoms with van der Waals surface area (Å²) in [5, 5.41) is 43.3. The predicted octanol–water partition coefficient (Wildman–Crippen LogP) is 1.84. The number of dihydropyridines is 1. The Hall–Kier alpha value is -2.56. The van der Waals surface area contributed by atoms with Crippen molar-refractivity contribution in [3.05, 3.63) is 52.4 Å². The van der Waals surface area contributed by atoms with Crippen molar-refractivity contribution in [1.29, 1.82) is 0 Å². The molecule has 2 aliphatic heterocycles. The van der Waals surface area contributed by atoms with E-state index in [4.69, 9.17) is 9.47 Å². The third-order valence-electron chi connectivity index (χ3n) is 8.03. The number of hydrogen-bond acceptors (Lipinski definition) is 9. The summed E-state index contributed by atoms with van der Waals surface area (Å²) in [5.41, 5.74) is 3.52. The van der Waals surface area contributed by atoms with Crippen molar-refractivity contribution < 1.29 is 39.5 Å². The number of ketones is 2. The van der Waals surface area contributed by atoms with Crippen LogP contribution in [0.2, 0.25) is 0 Å². The lowest BCUT2D eigenvalue weighted by atomic mass is 9.64. The average Bonchev–Trinajstić information content (AvgIpc) is 2.82. The highest BCUT2D eigenvalue weighted by molar-refractivity contribution is 6.06. The van der Waals surface area contributed by atoms with Crippen LogP contribution >= 0.6 is 0 Å². The Bertz CT molecular complexity index is 1140. The van der Waals surface area contributed by atoms with Gasteiger partial charge in [-0.2, -0.15) is 0 Å². The second kappa shape index (κ2) is 9.57. The van der Waals surface area contributed by atoms with Crippen molar-refractivity contribution >= 4 is 11.6 Å². The number of nitrogens with one attached hydrogen (secondary N) is 1. The number of carbonyl (C=O) groups excluding carboxylic acids is 2. The van der Waals surface area contributed by atoms with Crippen LogP contribution in [0.5, 0.6) is 5.75 Å². The number of aliphatic hydroxyl groups excluding tert-OH is 4. The summed E-state index contributed by atoms with van der Waals surface area (Å²) >= 11 is 0. The van der Waals surface area contributed by atoms with Crippen LogP contribution < -0.4 is 10.1 Å². The molecule has 1 saturated heterocycles. The maximum atomic E-state index is 13.5. The van der Waals surface area contributed by atoms with Crippen molar-refractivity contribution in [2.24, 2.45) is 10.8 Å². The molecule has 1 fully saturated rings. The van der Waals surface area contributed by atoms with Crippen molar-refractivity contribution in [3.63, 3.8) is 0 Å². The number of carbonyl (C=O) groups is 2. The predicted molar refractivity (Wildman–Crippen MR) is 137 cm³/mol. The largest absolute Gasteiger partial charge is 0.462 e. The highest BCUT2D eigenvalue weighted by Crippen LogP contribution is 2.51. The Morgan fingerprint density at radius 2 is 1.37 bits per heavy atom. The molecule has 2 aliphatic carbocycles. The van der Waals surface area contributed by atoms with Gasteiger partial charge in [-0.05, 0) is 41.4 Å². The molecule has 38 heavy (non-hydrogen) atoms. The average molecular weight is 528 g/mol. The number of rotatable bonds is 4. The molecular weight excluding hydrogens is 490 g/mol. The fourth-order valence-corrected chi connectivity index (χ4v) is 6.26. The number of benzene rings is 1. The summed E-state index contributed by atoms with van der Waals surface area (Å²) in [6.45, 7) is 7.77. The molecule has 0 bridgehead atoms. The summed E-state index contributed by atoms with van der Waals surface area (Å²) in [4.78, 5) is 26.9. The molecule has 0 unspecified atom stereocenters. The second-order valence-electron chi connectivity index (χ2n) is 12.6. The second-order valence-corrected chi connectivity index (χ2v) is 12.6. The SMILES string of the molecule is CC1(C)CC(=O)C2=C(C1)NC1=C(C(=O)CC(C)(C)C1)C2c1ccc(O[C@@H]2O[C@H](CO)[C@@H](O)[C@@H](O)[C@H]2O)cc1. The smallest absolute Gasteiger partial charge is 0.229 e. The summed E-state index contributed by atoms with van der Waals surface area (Å²) in [6.07, 6.45) is -4.67. The topological polar surface area (TPSA) is 146 Å². The van der Waals surface area contributed by atoms with E-state index in [1.165, 1.54) is 0 Å². The summed E-state index contributed by atoms with van der Waals surface area (Å²) in [7, 11) is 0. The normalized spacial score (nSPS) is 33.0. The lowest BCUT2D eigenvalue weighted by molar-refractivity contribution is -0.277. The van der Waals surface area contributed by atoms with Crippen molar-refractivity contribution in [3.8, 4) is 5.75 Å². The van der Waals surface area contributed by atoms with Gasteiger partial charge in [0.05, 0.1) is 6.61 Å². The molecule has 4 aliphatic rings. The van der Waals surface area contributed by atoms with Gasteiger partial charge in [-0.3, -0.25) is 9.59 Å². The Labute approximate surface area is 222 Å². The van der Waals surface area contributed by atoms with Gasteiger partial charge in [0.25, 0.3) is 0 Å². The maximum Gasteiger partial charge on any atom is 0.229 e. The van der Waals surface area contributed by atoms with Crippen LogP contribution in [0.3, 0.4) is 0 Å². The monoisotopic (exact) mass is 527 g/mol. The number of aliphatic hydroxyl groups is 4. The Morgan fingerprint density at radius 3 is 1.87 bits per heavy atom. The first-order valence-corrected chi connectivity index (χ1v) is 13.2. The van der Waals surface area contributed by atoms with Crippen molar-refractivity contribution in [2.75, 3.05) is 6.61 Å². The molecular formula is C29H37NO8. The third kappa shape index (κ3) is 4.82. The molecule has 0 radical (unpaired) electrons. The van der Waals surface area contributed by atoms with E-state index < -0.39 is 43.2 Å². The summed E-state index contributed by atoms with van der Waals surface area (Å²) in [6, 6.07) is 6.91. The van der Waals surface area contributed by atoms with Gasteiger partial charge in [0.15, 0.2) is 11.6 Å². The molecule has 0 spiro atoms. The number of allylic oxidation sites excluding steroid dienone is 4. The van der Waals surface area contributed by atoms with E-state index in [0.29, 0.717) is 42.6 Å². The van der Waals surface area contributed by atoms with Gasteiger partial charge in [-0.1, -0.05) is 39.8 Å². The van der Waals surface area contributed by atoms with E-state index >= 15 is 0 Å². The molecule has 9 nitrogen and oxygen atoms in total. The fraction of sp³-hybridized carbons (Fsp3) is 0.586. The lowest BCUT2D eigenvalue weighted by Gasteiger charge is -2.44. The Balaban J connectivity index is 1.48. The lowest BCUT2D eigenvalue weighted by Crippen LogP contribution is -2.60. The minimum atomic E-state index is -1.54. The first kappa shape index (κ1) is 27.0. The molecule has 0 saturated carbocycles. The van der Waals surface area contributed by atoms with Crippen molar-refractivity contribution in [1.82, 2.24) is 5.32 Å². The first-order chi connectivity index (χ1) is 17.8. The van der Waals surface area contributed by atoms with Gasteiger partial charge >= 0.3 is 0 Å². The quantitative estimate of drug-likeness (QED) is 0.396. The molecule has 206 valence electrons. The van der Waals surface area contributed by atoms with E-state index in [-0.39, 0.29) is 22.4 Å². The van der Waals surface area contributed by atoms with Gasteiger partial charge < -0.3 is 35.2 Å². The summed E-state index contributed by atoms with van der Waals surface area (Å²) in [5.74, 6) is -0.0726. The minimum Gasteiger partial charge on any atom is -0.462 e. The molecule has 9 heteroatoms. The zero-order chi connectivity index (χ0) is 27.6. The van der Waals surface area contributed by atoms with Crippen LogP contribution in [0.15, 0.2) is 46.8 Å². The highest BCUT2D eigenvalue weighted by atomic mass is 16.7. The van der Waals surface area contributed by atoms with Crippen LogP contribution in [0.25, 0.3) is 0 Å². The van der Waals surface area contributed by atoms with Crippen LogP contribution in [0.4, 0.5) is 0 Å². The van der Waals surface area contributed by atoms with Crippen LogP contribution in [0, 0.1) is 10.8 Å². The minimum absolute atomic E-state index is 0.0413. The zero-order valence-electron chi connectivity index (χ0n) is 22.2. The Kier molecular flexibility index (Phi) is 6.81. The highest BCUT2D eigenvalue weighted by Gasteiger charge is 2.47. The maximum absolute atomic E-state index is 13.5. The molecule has 2 heterocycles. The van der Waals surface area contributed by atoms with Crippen LogP contribution in [-0.4, -0.2) is 69.3 Å². The molecule has 0 aromatic heterocycles. The van der Waals surface area contributed by atoms with Gasteiger partial charge in [-0.25, -0.2) is 0 Å². The number of hydrogen-bond donors (Lipinski definition) is 5. The van der Waals surface area contributed by atoms with Crippen LogP contribution in [-0.2, 0) is 14.3 Å². The zero-order valence-corrected chi connectivity index (χ0v) is 22.2. The van der Waals surface area contributed by atoms with Gasteiger partial charge in [-0.15, -0.1) is 0 Å². The Morgan fingerprint density at radius 1 is 0.842 bits per heavy atom. The molecule has 1 aromatic rings. The van der Waals surface area contributed by atoms with E-state index in [1.54, 1.807) is 24.3 Å². The van der Waals surface area contributed by atoms with Gasteiger partial charge in [0.2, 0.25) is 6.29 Å². The van der Waals surface area contributed by atoms with E-state index in [0.717, 1.165) is 17.0 Å². The van der Waals surface area contributed by atoms with Crippen LogP contribution in [0.1, 0.15) is 64.9 Å². The van der Waals surface area contributed by atoms with Crippen molar-refractivity contribution in [2.45, 2.75) is 90.0 Å². The van der Waals surface area contributed by atoms with Gasteiger partial charge in [0.1, 0.15) is 30.2 Å². The fourth-order valence-electron chi connectivity index (χ4n) is 6.26. The molecule has 1 aromatic carbocycles. The number of Topliss-reactive ketones (excluding diaryl/α,β-unsaturated/α-hetero) is 2. The number of ether oxygens (including phenoxy) is 2. The van der Waals surface area contributed by atoms with E-state index in [1.807, 2.05) is 0 Å².